The van der Waals surface area contributed by atoms with Crippen molar-refractivity contribution in [3.8, 4) is 5.75 Å². The lowest BCUT2D eigenvalue weighted by molar-refractivity contribution is 0.0995. The monoisotopic (exact) mass is 480 g/mol. The highest BCUT2D eigenvalue weighted by atomic mass is 35.5. The molecule has 166 valence electrons. The number of sulfonamides is 1. The molecule has 0 bridgehead atoms. The van der Waals surface area contributed by atoms with Gasteiger partial charge in [-0.05, 0) is 54.6 Å². The maximum atomic E-state index is 12.9. The molecule has 8 nitrogen and oxygen atoms in total. The van der Waals surface area contributed by atoms with E-state index in [1.165, 1.54) is 42.5 Å². The zero-order valence-electron chi connectivity index (χ0n) is 16.9. The molecule has 0 aliphatic rings. The van der Waals surface area contributed by atoms with Gasteiger partial charge < -0.3 is 10.8 Å². The molecule has 0 radical (unpaired) electrons. The van der Waals surface area contributed by atoms with Crippen molar-refractivity contribution in [3.05, 3.63) is 89.4 Å². The lowest BCUT2D eigenvalue weighted by Gasteiger charge is -2.13. The Morgan fingerprint density at radius 2 is 1.58 bits per heavy atom. The Kier molecular flexibility index (Phi) is 5.99. The Hall–Kier alpha value is -3.95. The molecule has 0 saturated carbocycles. The first kappa shape index (κ1) is 22.3. The standard InChI is InChI=1S/C23H17ClN4O4S/c24-15-7-11-17(12-8-15)33(31,32)28-20-13-21(22(29)19-4-2-1-3-18(19)20)26-27-23(30)14-5-9-16(25)10-6-14/h1-13,28-29H,25H2. The first-order chi connectivity index (χ1) is 15.7. The van der Waals surface area contributed by atoms with E-state index in [1.807, 2.05) is 0 Å². The summed E-state index contributed by atoms with van der Waals surface area (Å²) < 4.78 is 28.3. The number of halogens is 1. The number of nitrogens with zero attached hydrogens (tertiary/aromatic N) is 2. The number of phenols is 1. The zero-order valence-corrected chi connectivity index (χ0v) is 18.5. The van der Waals surface area contributed by atoms with Crippen molar-refractivity contribution in [2.75, 3.05) is 10.5 Å². The molecular weight excluding hydrogens is 464 g/mol. The van der Waals surface area contributed by atoms with E-state index in [0.717, 1.165) is 0 Å². The van der Waals surface area contributed by atoms with Crippen molar-refractivity contribution >= 4 is 55.4 Å². The number of carbonyl (C=O) groups is 1. The average Bonchev–Trinajstić information content (AvgIpc) is 2.80. The fourth-order valence-electron chi connectivity index (χ4n) is 3.11. The Bertz CT molecular complexity index is 1490. The summed E-state index contributed by atoms with van der Waals surface area (Å²) in [4.78, 5) is 12.3. The third-order valence-electron chi connectivity index (χ3n) is 4.77. The van der Waals surface area contributed by atoms with Gasteiger partial charge in [-0.15, -0.1) is 10.2 Å². The van der Waals surface area contributed by atoms with Gasteiger partial charge in [-0.1, -0.05) is 35.9 Å². The van der Waals surface area contributed by atoms with Crippen molar-refractivity contribution in [1.29, 1.82) is 0 Å². The van der Waals surface area contributed by atoms with Crippen LogP contribution in [0.15, 0.2) is 94.0 Å². The lowest BCUT2D eigenvalue weighted by atomic mass is 10.1. The van der Waals surface area contributed by atoms with Crippen molar-refractivity contribution in [2.24, 2.45) is 10.2 Å². The van der Waals surface area contributed by atoms with Crippen LogP contribution in [-0.2, 0) is 10.0 Å². The van der Waals surface area contributed by atoms with Gasteiger partial charge in [0.1, 0.15) is 5.69 Å². The van der Waals surface area contributed by atoms with Crippen LogP contribution in [0.1, 0.15) is 10.4 Å². The number of benzene rings is 4. The second-order valence-corrected chi connectivity index (χ2v) is 9.14. The Morgan fingerprint density at radius 3 is 2.24 bits per heavy atom. The number of anilines is 2. The third kappa shape index (κ3) is 4.79. The van der Waals surface area contributed by atoms with E-state index < -0.39 is 15.9 Å². The second kappa shape index (κ2) is 8.89. The minimum absolute atomic E-state index is 0.00533. The molecule has 33 heavy (non-hydrogen) atoms. The zero-order chi connectivity index (χ0) is 23.6. The molecule has 1 amide bonds. The summed E-state index contributed by atoms with van der Waals surface area (Å²) in [6.45, 7) is 0. The Labute approximate surface area is 194 Å². The number of phenolic OH excluding ortho intramolecular Hbond substituents is 1. The van der Waals surface area contributed by atoms with Crippen molar-refractivity contribution in [3.63, 3.8) is 0 Å². The first-order valence-corrected chi connectivity index (χ1v) is 11.5. The Morgan fingerprint density at radius 1 is 0.939 bits per heavy atom. The maximum Gasteiger partial charge on any atom is 0.295 e. The van der Waals surface area contributed by atoms with Gasteiger partial charge >= 0.3 is 0 Å². The molecule has 0 aromatic heterocycles. The summed E-state index contributed by atoms with van der Waals surface area (Å²) in [6, 6.07) is 19.7. The number of azo groups is 1. The van der Waals surface area contributed by atoms with Crippen LogP contribution in [0.5, 0.6) is 5.75 Å². The number of hydrogen-bond acceptors (Lipinski definition) is 6. The summed E-state index contributed by atoms with van der Waals surface area (Å²) in [5, 5.41) is 19.4. The molecule has 0 aliphatic heterocycles. The smallest absolute Gasteiger partial charge is 0.295 e. The van der Waals surface area contributed by atoms with Crippen molar-refractivity contribution in [1.82, 2.24) is 0 Å². The largest absolute Gasteiger partial charge is 0.505 e. The van der Waals surface area contributed by atoms with Crippen LogP contribution in [0.25, 0.3) is 10.8 Å². The predicted octanol–water partition coefficient (Wildman–Crippen LogP) is 5.51. The molecule has 4 aromatic rings. The normalized spacial score (nSPS) is 11.7. The number of carbonyl (C=O) groups excluding carboxylic acids is 1. The van der Waals surface area contributed by atoms with Gasteiger partial charge in [-0.3, -0.25) is 9.52 Å². The van der Waals surface area contributed by atoms with Crippen LogP contribution < -0.4 is 10.5 Å². The van der Waals surface area contributed by atoms with E-state index >= 15 is 0 Å². The van der Waals surface area contributed by atoms with Gasteiger partial charge in [-0.25, -0.2) is 8.42 Å². The molecule has 0 fully saturated rings. The molecule has 10 heteroatoms. The van der Waals surface area contributed by atoms with E-state index in [-0.39, 0.29) is 27.6 Å². The van der Waals surface area contributed by atoms with E-state index in [4.69, 9.17) is 17.3 Å². The summed E-state index contributed by atoms with van der Waals surface area (Å²) in [5.41, 5.74) is 6.46. The minimum Gasteiger partial charge on any atom is -0.505 e. The van der Waals surface area contributed by atoms with E-state index in [1.54, 1.807) is 36.4 Å². The predicted molar refractivity (Wildman–Crippen MR) is 128 cm³/mol. The summed E-state index contributed by atoms with van der Waals surface area (Å²) in [5.74, 6) is -0.889. The highest BCUT2D eigenvalue weighted by molar-refractivity contribution is 7.92. The van der Waals surface area contributed by atoms with Crippen molar-refractivity contribution < 1.29 is 18.3 Å². The second-order valence-electron chi connectivity index (χ2n) is 7.02. The Balaban J connectivity index is 1.74. The lowest BCUT2D eigenvalue weighted by Crippen LogP contribution is -2.13. The molecule has 0 aliphatic carbocycles. The maximum absolute atomic E-state index is 12.9. The van der Waals surface area contributed by atoms with Crippen LogP contribution in [-0.4, -0.2) is 19.4 Å². The molecule has 0 saturated heterocycles. The number of amides is 1. The van der Waals surface area contributed by atoms with E-state index in [2.05, 4.69) is 15.0 Å². The van der Waals surface area contributed by atoms with Gasteiger partial charge in [0.25, 0.3) is 15.9 Å². The fourth-order valence-corrected chi connectivity index (χ4v) is 4.30. The topological polar surface area (TPSA) is 134 Å². The molecule has 4 N–H and O–H groups in total. The van der Waals surface area contributed by atoms with Crippen LogP contribution >= 0.6 is 11.6 Å². The van der Waals surface area contributed by atoms with Crippen LogP contribution in [0.3, 0.4) is 0 Å². The molecule has 0 spiro atoms. The molecule has 4 aromatic carbocycles. The fraction of sp³-hybridized carbons (Fsp3) is 0. The number of hydrogen-bond donors (Lipinski definition) is 3. The van der Waals surface area contributed by atoms with Gasteiger partial charge in [0, 0.05) is 27.0 Å². The van der Waals surface area contributed by atoms with Gasteiger partial charge in [-0.2, -0.15) is 0 Å². The summed E-state index contributed by atoms with van der Waals surface area (Å²) in [6.07, 6.45) is 0. The molecular formula is C23H17ClN4O4S. The van der Waals surface area contributed by atoms with Crippen LogP contribution in [0.2, 0.25) is 5.02 Å². The summed E-state index contributed by atoms with van der Waals surface area (Å²) >= 11 is 5.85. The SMILES string of the molecule is Nc1ccc(C(=O)N=Nc2cc(NS(=O)(=O)c3ccc(Cl)cc3)c3ccccc3c2O)cc1. The minimum atomic E-state index is -3.97. The average molecular weight is 481 g/mol. The van der Waals surface area contributed by atoms with Gasteiger partial charge in [0.15, 0.2) is 5.75 Å². The molecule has 0 atom stereocenters. The van der Waals surface area contributed by atoms with Crippen LogP contribution in [0.4, 0.5) is 17.1 Å². The van der Waals surface area contributed by atoms with Gasteiger partial charge in [0.2, 0.25) is 0 Å². The number of nitrogen functional groups attached to an aromatic ring is 1. The molecule has 0 unspecified atom stereocenters. The van der Waals surface area contributed by atoms with E-state index in [9.17, 15) is 18.3 Å². The van der Waals surface area contributed by atoms with Crippen LogP contribution in [0, 0.1) is 0 Å². The number of aromatic hydroxyl groups is 1. The summed E-state index contributed by atoms with van der Waals surface area (Å²) in [7, 11) is -3.97. The third-order valence-corrected chi connectivity index (χ3v) is 6.40. The highest BCUT2D eigenvalue weighted by Gasteiger charge is 2.18. The molecule has 4 rings (SSSR count). The number of nitrogens with two attached hydrogens (primary N) is 1. The van der Waals surface area contributed by atoms with Crippen molar-refractivity contribution in [2.45, 2.75) is 4.90 Å². The number of rotatable bonds is 5. The highest BCUT2D eigenvalue weighted by Crippen LogP contribution is 2.40. The first-order valence-electron chi connectivity index (χ1n) is 9.59. The van der Waals surface area contributed by atoms with E-state index in [0.29, 0.717) is 21.5 Å². The molecule has 0 heterocycles. The quantitative estimate of drug-likeness (QED) is 0.197. The number of fused-ring (bicyclic) bond motifs is 1. The van der Waals surface area contributed by atoms with Gasteiger partial charge in [0.05, 0.1) is 10.6 Å². The number of nitrogens with one attached hydrogen (secondary N) is 1.